The zero-order chi connectivity index (χ0) is 27.8. The van der Waals surface area contributed by atoms with Crippen LogP contribution < -0.4 is 9.44 Å². The van der Waals surface area contributed by atoms with Gasteiger partial charge in [-0.3, -0.25) is 4.79 Å². The molecule has 0 saturated carbocycles. The zero-order valence-electron chi connectivity index (χ0n) is 23.6. The maximum absolute atomic E-state index is 12.4. The first-order valence-corrected chi connectivity index (χ1v) is 18.1. The lowest BCUT2D eigenvalue weighted by molar-refractivity contribution is -0.137. The normalized spacial score (nSPS) is 12.4. The summed E-state index contributed by atoms with van der Waals surface area (Å²) in [6.07, 6.45) is 19.4. The van der Waals surface area contributed by atoms with Crippen LogP contribution >= 0.6 is 0 Å². The Morgan fingerprint density at radius 3 is 1.08 bits per heavy atom. The van der Waals surface area contributed by atoms with Gasteiger partial charge in [-0.25, -0.2) is 16.8 Å². The van der Waals surface area contributed by atoms with Crippen molar-refractivity contribution in [2.75, 3.05) is 11.5 Å². The minimum absolute atomic E-state index is 0.139. The Kier molecular flexibility index (Phi) is 22.8. The van der Waals surface area contributed by atoms with Crippen molar-refractivity contribution in [2.45, 2.75) is 155 Å². The van der Waals surface area contributed by atoms with Crippen LogP contribution in [0.3, 0.4) is 0 Å². The molecule has 0 radical (unpaired) electrons. The van der Waals surface area contributed by atoms with E-state index >= 15 is 0 Å². The van der Waals surface area contributed by atoms with Gasteiger partial charge in [0.2, 0.25) is 20.0 Å². The van der Waals surface area contributed by atoms with E-state index in [1.54, 1.807) is 0 Å². The molecule has 0 spiro atoms. The quantitative estimate of drug-likeness (QED) is 0.0733. The fraction of sp³-hybridized carbons (Fsp3) is 0.963. The smallest absolute Gasteiger partial charge is 0.306 e. The molecule has 0 amide bonds. The van der Waals surface area contributed by atoms with Crippen molar-refractivity contribution in [1.29, 1.82) is 0 Å². The van der Waals surface area contributed by atoms with Gasteiger partial charge in [-0.1, -0.05) is 129 Å². The lowest BCUT2D eigenvalue weighted by Crippen LogP contribution is -2.50. The molecule has 0 rings (SSSR count). The van der Waals surface area contributed by atoms with Crippen LogP contribution in [0, 0.1) is 0 Å². The fourth-order valence-corrected chi connectivity index (χ4v) is 7.02. The van der Waals surface area contributed by atoms with E-state index in [-0.39, 0.29) is 11.5 Å². The Morgan fingerprint density at radius 2 is 0.811 bits per heavy atom. The third-order valence-electron chi connectivity index (χ3n) is 6.56. The molecule has 0 aliphatic rings. The van der Waals surface area contributed by atoms with Crippen LogP contribution in [-0.2, 0) is 24.8 Å². The first-order valence-electron chi connectivity index (χ1n) is 14.8. The van der Waals surface area contributed by atoms with Crippen LogP contribution in [0.25, 0.3) is 0 Å². The van der Waals surface area contributed by atoms with E-state index in [1.807, 2.05) is 0 Å². The lowest BCUT2D eigenvalue weighted by Gasteiger charge is -2.19. The first-order chi connectivity index (χ1) is 17.6. The van der Waals surface area contributed by atoms with Gasteiger partial charge in [0, 0.05) is 0 Å². The van der Waals surface area contributed by atoms with Crippen molar-refractivity contribution in [3.05, 3.63) is 0 Å². The molecule has 0 aromatic rings. The van der Waals surface area contributed by atoms with Gasteiger partial charge in [-0.15, -0.1) is 0 Å². The second-order valence-electron chi connectivity index (χ2n) is 10.4. The molecule has 0 aliphatic heterocycles. The third-order valence-corrected chi connectivity index (χ3v) is 9.50. The summed E-state index contributed by atoms with van der Waals surface area (Å²) in [5.74, 6) is -1.55. The van der Waals surface area contributed by atoms with Crippen LogP contribution in [0.1, 0.15) is 149 Å². The van der Waals surface area contributed by atoms with Gasteiger partial charge in [-0.2, -0.15) is 9.44 Å². The second-order valence-corrected chi connectivity index (χ2v) is 14.1. The topological polar surface area (TPSA) is 130 Å². The summed E-state index contributed by atoms with van der Waals surface area (Å²) in [7, 11) is -7.58. The number of rotatable bonds is 28. The van der Waals surface area contributed by atoms with E-state index < -0.39 is 38.6 Å². The van der Waals surface area contributed by atoms with Crippen LogP contribution in [0.5, 0.6) is 0 Å². The molecule has 3 N–H and O–H groups in total. The van der Waals surface area contributed by atoms with Crippen molar-refractivity contribution in [1.82, 2.24) is 9.44 Å². The molecule has 0 aromatic carbocycles. The second kappa shape index (κ2) is 23.2. The van der Waals surface area contributed by atoms with Gasteiger partial charge in [0.1, 0.15) is 0 Å². The van der Waals surface area contributed by atoms with Crippen molar-refractivity contribution >= 4 is 26.0 Å². The fourth-order valence-electron chi connectivity index (χ4n) is 4.39. The Bertz CT molecular complexity index is 701. The Labute approximate surface area is 228 Å². The molecule has 0 saturated heterocycles. The highest BCUT2D eigenvalue weighted by molar-refractivity contribution is 7.90. The highest BCUT2D eigenvalue weighted by atomic mass is 32.2. The summed E-state index contributed by atoms with van der Waals surface area (Å²) in [4.78, 5) is 11.2. The van der Waals surface area contributed by atoms with Gasteiger partial charge in [0.25, 0.3) is 0 Å². The van der Waals surface area contributed by atoms with Crippen LogP contribution in [-0.4, -0.2) is 45.6 Å². The molecule has 0 atom stereocenters. The number of aliphatic carboxylic acids is 1. The van der Waals surface area contributed by atoms with Crippen LogP contribution in [0.2, 0.25) is 0 Å². The maximum Gasteiger partial charge on any atom is 0.306 e. The van der Waals surface area contributed by atoms with Crippen molar-refractivity contribution < 1.29 is 26.7 Å². The standard InChI is InChI=1S/C27H56N2O6S2/c1-3-5-7-9-11-13-15-17-19-21-23-36(32,33)28-26(25-27(30)31)29-37(34,35)24-22-20-18-16-14-12-10-8-6-4-2/h26,28-29H,3-25H2,1-2H3,(H,30,31). The molecule has 0 fully saturated rings. The summed E-state index contributed by atoms with van der Waals surface area (Å²) < 4.78 is 54.3. The number of hydrogen-bond acceptors (Lipinski definition) is 5. The number of unbranched alkanes of at least 4 members (excludes halogenated alkanes) is 18. The number of carboxylic acids is 1. The molecule has 0 heterocycles. The van der Waals surface area contributed by atoms with Crippen molar-refractivity contribution in [2.24, 2.45) is 0 Å². The van der Waals surface area contributed by atoms with Gasteiger partial charge < -0.3 is 5.11 Å². The van der Waals surface area contributed by atoms with E-state index in [0.717, 1.165) is 51.4 Å². The lowest BCUT2D eigenvalue weighted by atomic mass is 10.1. The Hall–Kier alpha value is -0.710. The first kappa shape index (κ1) is 36.3. The predicted molar refractivity (Wildman–Crippen MR) is 154 cm³/mol. The molecule has 10 heteroatoms. The largest absolute Gasteiger partial charge is 0.481 e. The number of sulfonamides is 2. The van der Waals surface area contributed by atoms with Gasteiger partial charge in [0.05, 0.1) is 24.1 Å². The minimum Gasteiger partial charge on any atom is -0.481 e. The molecule has 222 valence electrons. The summed E-state index contributed by atoms with van der Waals surface area (Å²) in [5, 5.41) is 9.14. The third kappa shape index (κ3) is 25.3. The SMILES string of the molecule is CCCCCCCCCCCCS(=O)(=O)NC(CC(=O)O)NS(=O)(=O)CCCCCCCCCCCC. The number of carbonyl (C=O) groups is 1. The van der Waals surface area contributed by atoms with Gasteiger partial charge in [0.15, 0.2) is 0 Å². The molecular formula is C27H56N2O6S2. The van der Waals surface area contributed by atoms with Gasteiger partial charge >= 0.3 is 5.97 Å². The number of nitrogens with one attached hydrogen (secondary N) is 2. The Balaban J connectivity index is 4.24. The zero-order valence-corrected chi connectivity index (χ0v) is 25.3. The number of hydrogen-bond donors (Lipinski definition) is 3. The average Bonchev–Trinajstić information content (AvgIpc) is 2.80. The number of carboxylic acid groups (broad SMARTS) is 1. The van der Waals surface area contributed by atoms with Gasteiger partial charge in [-0.05, 0) is 12.8 Å². The summed E-state index contributed by atoms with van der Waals surface area (Å²) in [5.41, 5.74) is 0. The van der Waals surface area contributed by atoms with E-state index in [9.17, 15) is 21.6 Å². The molecule has 0 aliphatic carbocycles. The van der Waals surface area contributed by atoms with E-state index in [2.05, 4.69) is 23.3 Å². The van der Waals surface area contributed by atoms with E-state index in [4.69, 9.17) is 5.11 Å². The summed E-state index contributed by atoms with van der Waals surface area (Å²) in [6.45, 7) is 4.39. The maximum atomic E-state index is 12.4. The van der Waals surface area contributed by atoms with Crippen LogP contribution in [0.15, 0.2) is 0 Å². The van der Waals surface area contributed by atoms with Crippen molar-refractivity contribution in [3.63, 3.8) is 0 Å². The summed E-state index contributed by atoms with van der Waals surface area (Å²) >= 11 is 0. The monoisotopic (exact) mass is 568 g/mol. The highest BCUT2D eigenvalue weighted by Gasteiger charge is 2.24. The molecule has 37 heavy (non-hydrogen) atoms. The predicted octanol–water partition coefficient (Wildman–Crippen LogP) is 6.47. The molecule has 0 bridgehead atoms. The molecule has 0 unspecified atom stereocenters. The highest BCUT2D eigenvalue weighted by Crippen LogP contribution is 2.12. The summed E-state index contributed by atoms with van der Waals surface area (Å²) in [6, 6.07) is 0. The molecular weight excluding hydrogens is 512 g/mol. The molecule has 8 nitrogen and oxygen atoms in total. The molecule has 0 aromatic heterocycles. The van der Waals surface area contributed by atoms with Crippen molar-refractivity contribution in [3.8, 4) is 0 Å². The minimum atomic E-state index is -3.79. The van der Waals surface area contributed by atoms with E-state index in [1.165, 1.54) is 64.2 Å². The Morgan fingerprint density at radius 1 is 0.541 bits per heavy atom. The average molecular weight is 569 g/mol. The van der Waals surface area contributed by atoms with Crippen LogP contribution in [0.4, 0.5) is 0 Å². The van der Waals surface area contributed by atoms with E-state index in [0.29, 0.717) is 12.8 Å².